The minimum absolute atomic E-state index is 0.692. The highest BCUT2D eigenvalue weighted by Gasteiger charge is 2.16. The third kappa shape index (κ3) is 3.21. The summed E-state index contributed by atoms with van der Waals surface area (Å²) in [7, 11) is 3.99. The molecule has 5 aromatic heterocycles. The summed E-state index contributed by atoms with van der Waals surface area (Å²) in [6, 6.07) is 10.1. The number of hydrogen-bond donors (Lipinski definition) is 2. The van der Waals surface area contributed by atoms with Crippen LogP contribution in [0.15, 0.2) is 61.4 Å². The van der Waals surface area contributed by atoms with E-state index in [4.69, 9.17) is 4.98 Å². The van der Waals surface area contributed by atoms with Gasteiger partial charge in [0, 0.05) is 37.4 Å². The molecule has 0 atom stereocenters. The number of imidazole rings is 2. The number of pyridine rings is 2. The van der Waals surface area contributed by atoms with E-state index in [1.165, 1.54) is 0 Å². The quantitative estimate of drug-likeness (QED) is 0.432. The van der Waals surface area contributed by atoms with Gasteiger partial charge in [-0.25, -0.2) is 9.97 Å². The Balaban J connectivity index is 1.48. The van der Waals surface area contributed by atoms with E-state index < -0.39 is 0 Å². The van der Waals surface area contributed by atoms with Gasteiger partial charge in [0.1, 0.15) is 11.2 Å². The molecular weight excluding hydrogens is 414 g/mol. The van der Waals surface area contributed by atoms with Crippen LogP contribution in [0.2, 0.25) is 0 Å². The largest absolute Gasteiger partial charge is 0.376 e. The van der Waals surface area contributed by atoms with Crippen molar-refractivity contribution in [2.24, 2.45) is 0 Å². The second-order valence-electron chi connectivity index (χ2n) is 8.19. The van der Waals surface area contributed by atoms with Gasteiger partial charge >= 0.3 is 0 Å². The standard InChI is InChI=1S/C24H21N9/c1-14-12-33(13-27-14)21-6-4-5-18-23(21)29-24(28-18)22-17-8-19(26-11-20(17)30-31-22)15-7-16(32(2)3)10-25-9-15/h4-13H,1-3H3,(H,28,29)(H,30,31). The minimum atomic E-state index is 0.692. The van der Waals surface area contributed by atoms with Gasteiger partial charge in [-0.3, -0.25) is 15.1 Å². The maximum Gasteiger partial charge on any atom is 0.159 e. The van der Waals surface area contributed by atoms with E-state index in [0.29, 0.717) is 5.82 Å². The SMILES string of the molecule is Cc1cn(-c2cccc3[nH]c(-c4n[nH]c5cnc(-c6cncc(N(C)C)c6)cc45)nc23)cn1. The molecule has 1 aromatic carbocycles. The molecule has 0 saturated carbocycles. The fourth-order valence-electron chi connectivity index (χ4n) is 3.96. The number of para-hydroxylation sites is 1. The first kappa shape index (κ1) is 19.2. The molecule has 0 spiro atoms. The van der Waals surface area contributed by atoms with Gasteiger partial charge in [0.05, 0.1) is 52.5 Å². The zero-order chi connectivity index (χ0) is 22.5. The molecule has 0 aliphatic heterocycles. The lowest BCUT2D eigenvalue weighted by Gasteiger charge is -2.12. The van der Waals surface area contributed by atoms with Crippen LogP contribution in [0.4, 0.5) is 5.69 Å². The number of anilines is 1. The molecule has 0 unspecified atom stereocenters. The number of hydrogen-bond acceptors (Lipinski definition) is 6. The zero-order valence-corrected chi connectivity index (χ0v) is 18.4. The Morgan fingerprint density at radius 2 is 1.91 bits per heavy atom. The van der Waals surface area contributed by atoms with Crippen molar-refractivity contribution >= 4 is 27.6 Å². The van der Waals surface area contributed by atoms with Gasteiger partial charge in [-0.2, -0.15) is 5.10 Å². The van der Waals surface area contributed by atoms with Crippen LogP contribution in [0, 0.1) is 6.92 Å². The third-order valence-corrected chi connectivity index (χ3v) is 5.69. The van der Waals surface area contributed by atoms with Gasteiger partial charge in [-0.15, -0.1) is 0 Å². The van der Waals surface area contributed by atoms with E-state index in [2.05, 4.69) is 36.2 Å². The predicted octanol–water partition coefficient (Wildman–Crippen LogP) is 4.12. The molecule has 9 nitrogen and oxygen atoms in total. The summed E-state index contributed by atoms with van der Waals surface area (Å²) in [5.74, 6) is 0.692. The Bertz CT molecular complexity index is 1620. The van der Waals surface area contributed by atoms with Crippen molar-refractivity contribution in [2.75, 3.05) is 19.0 Å². The lowest BCUT2D eigenvalue weighted by Crippen LogP contribution is -2.08. The van der Waals surface area contributed by atoms with Gasteiger partial charge in [0.15, 0.2) is 5.82 Å². The van der Waals surface area contributed by atoms with Gasteiger partial charge in [-0.05, 0) is 31.2 Å². The molecule has 0 bridgehead atoms. The predicted molar refractivity (Wildman–Crippen MR) is 128 cm³/mol. The summed E-state index contributed by atoms with van der Waals surface area (Å²) in [6.07, 6.45) is 9.24. The maximum atomic E-state index is 4.90. The van der Waals surface area contributed by atoms with E-state index >= 15 is 0 Å². The summed E-state index contributed by atoms with van der Waals surface area (Å²) in [6.45, 7) is 1.97. The summed E-state index contributed by atoms with van der Waals surface area (Å²) < 4.78 is 1.98. The third-order valence-electron chi connectivity index (χ3n) is 5.69. The second kappa shape index (κ2) is 7.27. The molecule has 0 radical (unpaired) electrons. The monoisotopic (exact) mass is 435 g/mol. The highest BCUT2D eigenvalue weighted by atomic mass is 15.1. The first-order valence-corrected chi connectivity index (χ1v) is 10.5. The molecule has 0 amide bonds. The second-order valence-corrected chi connectivity index (χ2v) is 8.19. The molecule has 0 aliphatic rings. The molecule has 0 aliphatic carbocycles. The molecule has 6 rings (SSSR count). The van der Waals surface area contributed by atoms with Crippen molar-refractivity contribution in [1.29, 1.82) is 0 Å². The van der Waals surface area contributed by atoms with Crippen LogP contribution in [0.1, 0.15) is 5.69 Å². The topological polar surface area (TPSA) is 104 Å². The van der Waals surface area contributed by atoms with E-state index in [1.807, 2.05) is 73.3 Å². The number of aryl methyl sites for hydroxylation is 1. The summed E-state index contributed by atoms with van der Waals surface area (Å²) in [4.78, 5) is 23.7. The number of nitrogens with one attached hydrogen (secondary N) is 2. The number of nitrogens with zero attached hydrogens (tertiary/aromatic N) is 7. The number of rotatable bonds is 4. The molecule has 162 valence electrons. The van der Waals surface area contributed by atoms with Crippen LogP contribution < -0.4 is 4.90 Å². The summed E-state index contributed by atoms with van der Waals surface area (Å²) >= 11 is 0. The number of aromatic amines is 2. The average Bonchev–Trinajstić information content (AvgIpc) is 3.55. The Morgan fingerprint density at radius 1 is 1.00 bits per heavy atom. The van der Waals surface area contributed by atoms with E-state index in [-0.39, 0.29) is 0 Å². The molecule has 0 fully saturated rings. The fraction of sp³-hybridized carbons (Fsp3) is 0.125. The molecular formula is C24H21N9. The van der Waals surface area contributed by atoms with Gasteiger partial charge in [0.2, 0.25) is 0 Å². The Morgan fingerprint density at radius 3 is 2.73 bits per heavy atom. The van der Waals surface area contributed by atoms with Crippen LogP contribution in [-0.2, 0) is 0 Å². The number of benzene rings is 1. The smallest absolute Gasteiger partial charge is 0.159 e. The van der Waals surface area contributed by atoms with Crippen LogP contribution in [0.5, 0.6) is 0 Å². The molecule has 5 heterocycles. The number of H-pyrrole nitrogens is 2. The first-order valence-electron chi connectivity index (χ1n) is 10.5. The highest BCUT2D eigenvalue weighted by molar-refractivity contribution is 5.95. The van der Waals surface area contributed by atoms with Gasteiger partial charge in [0.25, 0.3) is 0 Å². The minimum Gasteiger partial charge on any atom is -0.376 e. The molecule has 6 aromatic rings. The van der Waals surface area contributed by atoms with Crippen molar-refractivity contribution in [3.05, 3.63) is 67.1 Å². The molecule has 2 N–H and O–H groups in total. The fourth-order valence-corrected chi connectivity index (χ4v) is 3.96. The van der Waals surface area contributed by atoms with Crippen LogP contribution in [0.25, 0.3) is 50.4 Å². The molecule has 9 heteroatoms. The van der Waals surface area contributed by atoms with Crippen molar-refractivity contribution in [2.45, 2.75) is 6.92 Å². The molecule has 33 heavy (non-hydrogen) atoms. The van der Waals surface area contributed by atoms with Crippen LogP contribution in [0.3, 0.4) is 0 Å². The Kier molecular flexibility index (Phi) is 4.22. The average molecular weight is 435 g/mol. The van der Waals surface area contributed by atoms with Crippen molar-refractivity contribution in [3.8, 4) is 28.5 Å². The van der Waals surface area contributed by atoms with E-state index in [0.717, 1.165) is 56.0 Å². The van der Waals surface area contributed by atoms with E-state index in [9.17, 15) is 0 Å². The summed E-state index contributed by atoms with van der Waals surface area (Å²) in [5.41, 5.74) is 8.08. The van der Waals surface area contributed by atoms with Crippen molar-refractivity contribution in [1.82, 2.24) is 39.7 Å². The van der Waals surface area contributed by atoms with Crippen molar-refractivity contribution in [3.63, 3.8) is 0 Å². The molecule has 0 saturated heterocycles. The normalized spacial score (nSPS) is 11.5. The summed E-state index contributed by atoms with van der Waals surface area (Å²) in [5, 5.41) is 8.56. The Labute approximate surface area is 189 Å². The van der Waals surface area contributed by atoms with Crippen LogP contribution >= 0.6 is 0 Å². The zero-order valence-electron chi connectivity index (χ0n) is 18.4. The van der Waals surface area contributed by atoms with Crippen molar-refractivity contribution < 1.29 is 0 Å². The Hall–Kier alpha value is -4.53. The van der Waals surface area contributed by atoms with Gasteiger partial charge < -0.3 is 14.5 Å². The maximum absolute atomic E-state index is 4.90. The number of fused-ring (bicyclic) bond motifs is 2. The van der Waals surface area contributed by atoms with E-state index in [1.54, 1.807) is 12.5 Å². The highest BCUT2D eigenvalue weighted by Crippen LogP contribution is 2.31. The van der Waals surface area contributed by atoms with Gasteiger partial charge in [-0.1, -0.05) is 6.07 Å². The number of aromatic nitrogens is 8. The van der Waals surface area contributed by atoms with Crippen LogP contribution in [-0.4, -0.2) is 53.8 Å². The lowest BCUT2D eigenvalue weighted by molar-refractivity contribution is 1.06. The lowest BCUT2D eigenvalue weighted by atomic mass is 10.1. The first-order chi connectivity index (χ1) is 16.1.